The van der Waals surface area contributed by atoms with Gasteiger partial charge in [-0.15, -0.1) is 0 Å². The first-order valence-corrected chi connectivity index (χ1v) is 10.4. The molecule has 2 bridgehead atoms. The average molecular weight is 341 g/mol. The average Bonchev–Trinajstić information content (AvgIpc) is 3.36. The van der Waals surface area contributed by atoms with E-state index in [1.54, 1.807) is 0 Å². The van der Waals surface area contributed by atoms with Gasteiger partial charge in [0.25, 0.3) is 0 Å². The van der Waals surface area contributed by atoms with Crippen molar-refractivity contribution in [1.82, 2.24) is 0 Å². The van der Waals surface area contributed by atoms with Gasteiger partial charge in [0, 0.05) is 35.5 Å². The number of hydrogen-bond acceptors (Lipinski definition) is 4. The smallest absolute Gasteiger partial charge is 0.310 e. The minimum Gasteiger partial charge on any atom is -0.461 e. The maximum Gasteiger partial charge on any atom is 0.310 e. The first-order valence-electron chi connectivity index (χ1n) is 10.4. The van der Waals surface area contributed by atoms with E-state index in [-0.39, 0.29) is 47.6 Å². The van der Waals surface area contributed by atoms with Crippen molar-refractivity contribution in [3.05, 3.63) is 22.3 Å². The molecule has 126 valence electrons. The summed E-state index contributed by atoms with van der Waals surface area (Å²) >= 11 is 0. The lowest BCUT2D eigenvalue weighted by atomic mass is 9.73. The molecular formula is C22H15NO3. The molecule has 0 radical (unpaired) electrons. The van der Waals surface area contributed by atoms with Gasteiger partial charge >= 0.3 is 5.97 Å². The summed E-state index contributed by atoms with van der Waals surface area (Å²) in [4.78, 5) is 26.8. The highest BCUT2D eigenvalue weighted by Crippen LogP contribution is 2.88. The zero-order chi connectivity index (χ0) is 16.5. The van der Waals surface area contributed by atoms with Crippen molar-refractivity contribution in [2.24, 2.45) is 82.9 Å². The minimum atomic E-state index is 0.0113. The topological polar surface area (TPSA) is 67.2 Å². The quantitative estimate of drug-likeness (QED) is 0.493. The van der Waals surface area contributed by atoms with Crippen LogP contribution in [0.2, 0.25) is 0 Å². The number of nitriles is 1. The Morgan fingerprint density at radius 2 is 1.27 bits per heavy atom. The van der Waals surface area contributed by atoms with Crippen LogP contribution in [-0.2, 0) is 14.3 Å². The summed E-state index contributed by atoms with van der Waals surface area (Å²) in [7, 11) is 0. The summed E-state index contributed by atoms with van der Waals surface area (Å²) in [6.45, 7) is 0. The Hall–Kier alpha value is -1.89. The van der Waals surface area contributed by atoms with Crippen LogP contribution >= 0.6 is 0 Å². The fourth-order valence-corrected chi connectivity index (χ4v) is 11.7. The first-order chi connectivity index (χ1) is 12.8. The number of ketones is 1. The van der Waals surface area contributed by atoms with Crippen LogP contribution in [-0.4, -0.2) is 17.9 Å². The monoisotopic (exact) mass is 341 g/mol. The Morgan fingerprint density at radius 1 is 0.692 bits per heavy atom. The van der Waals surface area contributed by atoms with Gasteiger partial charge in [-0.05, 0) is 35.5 Å². The highest BCUT2D eigenvalue weighted by atomic mass is 16.5. The summed E-state index contributed by atoms with van der Waals surface area (Å²) in [5.74, 6) is 4.29. The number of carbonyl (C=O) groups is 2. The number of allylic oxidation sites excluding steroid dienone is 2. The molecule has 2 saturated heterocycles. The zero-order valence-corrected chi connectivity index (χ0v) is 13.8. The highest BCUT2D eigenvalue weighted by Gasteiger charge is 2.87. The molecule has 10 rings (SSSR count). The van der Waals surface area contributed by atoms with E-state index >= 15 is 0 Å². The number of carbonyl (C=O) groups excluding carboxylic acids is 2. The molecule has 4 heteroatoms. The van der Waals surface area contributed by atoms with E-state index in [2.05, 4.69) is 6.07 Å². The third kappa shape index (κ3) is 0.683. The van der Waals surface area contributed by atoms with Gasteiger partial charge in [0.05, 0.1) is 17.9 Å². The van der Waals surface area contributed by atoms with Crippen LogP contribution in [0.4, 0.5) is 0 Å². The number of hydrogen-bond donors (Lipinski definition) is 0. The van der Waals surface area contributed by atoms with Gasteiger partial charge in [-0.2, -0.15) is 5.26 Å². The molecule has 0 amide bonds. The van der Waals surface area contributed by atoms with Crippen molar-refractivity contribution in [3.63, 3.8) is 0 Å². The Kier molecular flexibility index (Phi) is 1.28. The molecule has 0 N–H and O–H groups in total. The van der Waals surface area contributed by atoms with Crippen molar-refractivity contribution in [1.29, 1.82) is 5.26 Å². The molecule has 4 nitrogen and oxygen atoms in total. The van der Waals surface area contributed by atoms with Crippen molar-refractivity contribution in [2.75, 3.05) is 0 Å². The SMILES string of the molecule is N#CC1C2C3=C4C5C6OC(=O)C7C4C2C2C1C1=C(C6C4C1C(=O)C3C54)C72. The Morgan fingerprint density at radius 3 is 1.81 bits per heavy atom. The summed E-state index contributed by atoms with van der Waals surface area (Å²) in [5, 5.41) is 10.2. The van der Waals surface area contributed by atoms with Crippen LogP contribution in [0.15, 0.2) is 22.3 Å². The molecular weight excluding hydrogens is 326 g/mol. The van der Waals surface area contributed by atoms with Crippen LogP contribution in [0.5, 0.6) is 0 Å². The summed E-state index contributed by atoms with van der Waals surface area (Å²) in [6.07, 6.45) is 0.0173. The van der Waals surface area contributed by atoms with Crippen LogP contribution < -0.4 is 0 Å². The molecule has 26 heavy (non-hydrogen) atoms. The summed E-state index contributed by atoms with van der Waals surface area (Å²) in [5.41, 5.74) is 5.76. The van der Waals surface area contributed by atoms with Crippen molar-refractivity contribution in [3.8, 4) is 6.07 Å². The van der Waals surface area contributed by atoms with Crippen LogP contribution in [0.3, 0.4) is 0 Å². The van der Waals surface area contributed by atoms with E-state index in [1.807, 2.05) is 0 Å². The Labute approximate surface area is 149 Å². The standard InChI is InChI=1S/C22H15NO3/c23-1-2-3-5-6-4(2)8-10-12(6)19-11(5)9-7(3)15-13-14(16(8)20(15)24)18(10)21(17(9)13)26-22(19)25/h2-6,11-19,21H. The van der Waals surface area contributed by atoms with E-state index in [4.69, 9.17) is 4.74 Å². The molecule has 4 saturated carbocycles. The van der Waals surface area contributed by atoms with Gasteiger partial charge in [-0.1, -0.05) is 22.3 Å². The van der Waals surface area contributed by atoms with Crippen molar-refractivity contribution < 1.29 is 14.3 Å². The van der Waals surface area contributed by atoms with E-state index in [0.717, 1.165) is 0 Å². The van der Waals surface area contributed by atoms with Gasteiger partial charge in [-0.3, -0.25) is 9.59 Å². The molecule has 12 atom stereocenters. The molecule has 6 fully saturated rings. The van der Waals surface area contributed by atoms with Crippen LogP contribution in [0.1, 0.15) is 0 Å². The molecule has 2 heterocycles. The van der Waals surface area contributed by atoms with Gasteiger partial charge in [-0.25, -0.2) is 0 Å². The van der Waals surface area contributed by atoms with Gasteiger partial charge < -0.3 is 4.74 Å². The molecule has 0 spiro atoms. The first kappa shape index (κ1) is 11.7. The second-order valence-corrected chi connectivity index (χ2v) is 10.7. The molecule has 2 aliphatic heterocycles. The van der Waals surface area contributed by atoms with E-state index in [9.17, 15) is 14.9 Å². The fourth-order valence-electron chi connectivity index (χ4n) is 11.7. The van der Waals surface area contributed by atoms with Gasteiger partial charge in [0.2, 0.25) is 0 Å². The molecule has 10 aliphatic rings. The number of rotatable bonds is 0. The lowest BCUT2D eigenvalue weighted by Gasteiger charge is -2.29. The molecule has 0 aromatic rings. The predicted molar refractivity (Wildman–Crippen MR) is 83.4 cm³/mol. The Balaban J connectivity index is 1.50. The third-order valence-electron chi connectivity index (χ3n) is 11.2. The molecule has 8 aliphatic carbocycles. The molecule has 0 aromatic heterocycles. The molecule has 12 unspecified atom stereocenters. The number of Topliss-reactive ketones (excluding diaryl/α,β-unsaturated/α-hetero) is 1. The highest BCUT2D eigenvalue weighted by molar-refractivity contribution is 5.97. The van der Waals surface area contributed by atoms with E-state index in [0.29, 0.717) is 53.1 Å². The van der Waals surface area contributed by atoms with E-state index < -0.39 is 0 Å². The number of fused-ring (bicyclic) bond motifs is 5. The van der Waals surface area contributed by atoms with E-state index in [1.165, 1.54) is 22.3 Å². The van der Waals surface area contributed by atoms with Crippen molar-refractivity contribution in [2.45, 2.75) is 6.10 Å². The predicted octanol–water partition coefficient (Wildman–Crippen LogP) is 1.35. The van der Waals surface area contributed by atoms with Gasteiger partial charge in [0.1, 0.15) is 11.9 Å². The minimum absolute atomic E-state index is 0.0113. The van der Waals surface area contributed by atoms with Gasteiger partial charge in [0.15, 0.2) is 0 Å². The summed E-state index contributed by atoms with van der Waals surface area (Å²) < 4.78 is 6.23. The number of esters is 1. The number of ether oxygens (including phenoxy) is 1. The normalized spacial score (nSPS) is 71.6. The zero-order valence-electron chi connectivity index (χ0n) is 13.8. The third-order valence-corrected chi connectivity index (χ3v) is 11.2. The Bertz CT molecular complexity index is 1020. The second-order valence-electron chi connectivity index (χ2n) is 10.7. The van der Waals surface area contributed by atoms with Crippen LogP contribution in [0, 0.1) is 94.2 Å². The largest absolute Gasteiger partial charge is 0.461 e. The second kappa shape index (κ2) is 2.84. The lowest BCUT2D eigenvalue weighted by molar-refractivity contribution is -0.155. The fraction of sp³-hybridized carbons (Fsp3) is 0.682. The number of nitrogens with zero attached hydrogens (tertiary/aromatic N) is 1. The maximum atomic E-state index is 13.6. The molecule has 0 aromatic carbocycles. The van der Waals surface area contributed by atoms with Crippen LogP contribution in [0.25, 0.3) is 0 Å². The van der Waals surface area contributed by atoms with Crippen molar-refractivity contribution >= 4 is 11.8 Å². The lowest BCUT2D eigenvalue weighted by Crippen LogP contribution is -2.31. The maximum absolute atomic E-state index is 13.6. The summed E-state index contributed by atoms with van der Waals surface area (Å²) in [6, 6.07) is 2.73.